The van der Waals surface area contributed by atoms with E-state index in [1.165, 1.54) is 12.8 Å². The number of anilines is 1. The quantitative estimate of drug-likeness (QED) is 0.778. The third-order valence-electron chi connectivity index (χ3n) is 6.18. The summed E-state index contributed by atoms with van der Waals surface area (Å²) in [7, 11) is 0. The predicted molar refractivity (Wildman–Crippen MR) is 118 cm³/mol. The first-order valence-corrected chi connectivity index (χ1v) is 11.3. The zero-order valence-corrected chi connectivity index (χ0v) is 18.0. The average Bonchev–Trinajstić information content (AvgIpc) is 3.02. The molecule has 0 radical (unpaired) electrons. The van der Waals surface area contributed by atoms with E-state index in [-0.39, 0.29) is 24.2 Å². The molecule has 0 aromatic heterocycles. The normalized spacial score (nSPS) is 26.5. The minimum Gasteiger partial charge on any atom is -0.337 e. The van der Waals surface area contributed by atoms with Crippen LogP contribution in [0.5, 0.6) is 0 Å². The van der Waals surface area contributed by atoms with E-state index in [2.05, 4.69) is 10.6 Å². The van der Waals surface area contributed by atoms with Crippen molar-refractivity contribution in [2.45, 2.75) is 51.1 Å². The van der Waals surface area contributed by atoms with Gasteiger partial charge < -0.3 is 15.5 Å². The van der Waals surface area contributed by atoms with Crippen molar-refractivity contribution in [1.82, 2.24) is 10.2 Å². The molecule has 0 spiro atoms. The maximum absolute atomic E-state index is 12.9. The Kier molecular flexibility index (Phi) is 7.29. The second kappa shape index (κ2) is 9.51. The smallest absolute Gasteiger partial charge is 0.254 e. The lowest BCUT2D eigenvalue weighted by Gasteiger charge is -2.29. The first kappa shape index (κ1) is 21.5. The molecule has 3 heterocycles. The molecule has 0 aliphatic carbocycles. The summed E-state index contributed by atoms with van der Waals surface area (Å²) in [5.74, 6) is 2.63. The maximum atomic E-state index is 12.9. The predicted octanol–water partition coefficient (Wildman–Crippen LogP) is 3.47. The lowest BCUT2D eigenvalue weighted by molar-refractivity contribution is -0.117. The Morgan fingerprint density at radius 2 is 1.86 bits per heavy atom. The van der Waals surface area contributed by atoms with Gasteiger partial charge in [-0.15, -0.1) is 12.4 Å². The van der Waals surface area contributed by atoms with Crippen molar-refractivity contribution in [3.63, 3.8) is 0 Å². The fraction of sp³-hybridized carbons (Fsp3) is 0.619. The molecule has 1 aromatic carbocycles. The van der Waals surface area contributed by atoms with Gasteiger partial charge in [-0.05, 0) is 56.2 Å². The maximum Gasteiger partial charge on any atom is 0.254 e. The number of thioether (sulfide) groups is 1. The van der Waals surface area contributed by atoms with Crippen molar-refractivity contribution in [3.05, 3.63) is 29.3 Å². The highest BCUT2D eigenvalue weighted by Gasteiger charge is 2.34. The molecule has 154 valence electrons. The lowest BCUT2D eigenvalue weighted by Crippen LogP contribution is -2.39. The van der Waals surface area contributed by atoms with Crippen LogP contribution in [0, 0.1) is 12.8 Å². The van der Waals surface area contributed by atoms with Crippen LogP contribution in [0.2, 0.25) is 0 Å². The highest BCUT2D eigenvalue weighted by Crippen LogP contribution is 2.33. The van der Waals surface area contributed by atoms with Crippen molar-refractivity contribution < 1.29 is 9.59 Å². The number of carbonyl (C=O) groups is 2. The first-order valence-electron chi connectivity index (χ1n) is 10.1. The van der Waals surface area contributed by atoms with Crippen LogP contribution in [-0.4, -0.2) is 53.4 Å². The van der Waals surface area contributed by atoms with Crippen molar-refractivity contribution in [2.75, 3.05) is 29.9 Å². The van der Waals surface area contributed by atoms with E-state index in [9.17, 15) is 9.59 Å². The van der Waals surface area contributed by atoms with Crippen molar-refractivity contribution >= 4 is 41.7 Å². The van der Waals surface area contributed by atoms with Crippen LogP contribution in [0.4, 0.5) is 5.69 Å². The Balaban J connectivity index is 0.00000225. The molecule has 0 saturated carbocycles. The van der Waals surface area contributed by atoms with Crippen molar-refractivity contribution in [2.24, 2.45) is 5.92 Å². The van der Waals surface area contributed by atoms with Crippen LogP contribution in [0.15, 0.2) is 18.2 Å². The molecule has 28 heavy (non-hydrogen) atoms. The molecule has 3 aliphatic heterocycles. The standard InChI is InChI=1S/C21H29N3O2S.ClH/c1-14-18(21(26)24-7-9-27-10-8-24)3-2-4-19(14)23-20(25)13-15-11-16-5-6-17(12-15)22-16;/h2-4,15-17,22H,5-13H2,1H3,(H,23,25);1H. The number of nitrogens with one attached hydrogen (secondary N) is 2. The molecule has 3 aliphatic rings. The van der Waals surface area contributed by atoms with Crippen LogP contribution in [0.25, 0.3) is 0 Å². The molecule has 2 N–H and O–H groups in total. The number of benzene rings is 1. The highest BCUT2D eigenvalue weighted by molar-refractivity contribution is 7.99. The van der Waals surface area contributed by atoms with Gasteiger partial charge in [-0.1, -0.05) is 6.07 Å². The highest BCUT2D eigenvalue weighted by atomic mass is 35.5. The third-order valence-corrected chi connectivity index (χ3v) is 7.12. The molecular formula is C21H30ClN3O2S. The van der Waals surface area contributed by atoms with Crippen LogP contribution in [-0.2, 0) is 4.79 Å². The third kappa shape index (κ3) is 4.84. The van der Waals surface area contributed by atoms with Gasteiger partial charge >= 0.3 is 0 Å². The van der Waals surface area contributed by atoms with E-state index in [4.69, 9.17) is 0 Å². The second-order valence-corrected chi connectivity index (χ2v) is 9.34. The monoisotopic (exact) mass is 423 g/mol. The number of hydrogen-bond acceptors (Lipinski definition) is 4. The Labute approximate surface area is 177 Å². The van der Waals surface area contributed by atoms with Crippen molar-refractivity contribution in [1.29, 1.82) is 0 Å². The van der Waals surface area contributed by atoms with Crippen molar-refractivity contribution in [3.8, 4) is 0 Å². The average molecular weight is 424 g/mol. The molecule has 4 rings (SSSR count). The Hall–Kier alpha value is -1.24. The molecule has 2 unspecified atom stereocenters. The van der Waals surface area contributed by atoms with Gasteiger partial charge in [-0.25, -0.2) is 0 Å². The zero-order chi connectivity index (χ0) is 18.8. The van der Waals surface area contributed by atoms with Gasteiger partial charge in [-0.3, -0.25) is 9.59 Å². The van der Waals surface area contributed by atoms with Gasteiger partial charge in [-0.2, -0.15) is 11.8 Å². The zero-order valence-electron chi connectivity index (χ0n) is 16.4. The number of carbonyl (C=O) groups excluding carboxylic acids is 2. The molecule has 3 saturated heterocycles. The summed E-state index contributed by atoms with van der Waals surface area (Å²) in [6.07, 6.45) is 5.29. The number of fused-ring (bicyclic) bond motifs is 2. The number of rotatable bonds is 4. The summed E-state index contributed by atoms with van der Waals surface area (Å²) >= 11 is 1.89. The minimum absolute atomic E-state index is 0. The molecule has 2 amide bonds. The van der Waals surface area contributed by atoms with E-state index < -0.39 is 0 Å². The number of nitrogens with zero attached hydrogens (tertiary/aromatic N) is 1. The van der Waals surface area contributed by atoms with Gasteiger partial charge in [0.05, 0.1) is 0 Å². The van der Waals surface area contributed by atoms with E-state index in [1.807, 2.05) is 41.8 Å². The lowest BCUT2D eigenvalue weighted by atomic mass is 9.89. The van der Waals surface area contributed by atoms with Gasteiger partial charge in [0, 0.05) is 54.4 Å². The Morgan fingerprint density at radius 1 is 1.18 bits per heavy atom. The summed E-state index contributed by atoms with van der Waals surface area (Å²) in [6.45, 7) is 3.54. The topological polar surface area (TPSA) is 61.4 Å². The van der Waals surface area contributed by atoms with Gasteiger partial charge in [0.25, 0.3) is 5.91 Å². The number of amides is 2. The molecule has 2 bridgehead atoms. The van der Waals surface area contributed by atoms with Crippen LogP contribution < -0.4 is 10.6 Å². The van der Waals surface area contributed by atoms with E-state index in [0.717, 1.165) is 48.7 Å². The summed E-state index contributed by atoms with van der Waals surface area (Å²) < 4.78 is 0. The number of hydrogen-bond donors (Lipinski definition) is 2. The first-order chi connectivity index (χ1) is 13.1. The summed E-state index contributed by atoms with van der Waals surface area (Å²) in [6, 6.07) is 6.86. The minimum atomic E-state index is 0. The van der Waals surface area contributed by atoms with Crippen LogP contribution >= 0.6 is 24.2 Å². The fourth-order valence-corrected chi connectivity index (χ4v) is 5.65. The number of piperidine rings is 1. The second-order valence-electron chi connectivity index (χ2n) is 8.11. The Morgan fingerprint density at radius 3 is 2.54 bits per heavy atom. The summed E-state index contributed by atoms with van der Waals surface area (Å²) in [5, 5.41) is 6.70. The number of halogens is 1. The Bertz CT molecular complexity index is 712. The molecule has 2 atom stereocenters. The fourth-order valence-electron chi connectivity index (χ4n) is 4.74. The van der Waals surface area contributed by atoms with Gasteiger partial charge in [0.15, 0.2) is 0 Å². The summed E-state index contributed by atoms with van der Waals surface area (Å²) in [4.78, 5) is 27.4. The molecule has 1 aromatic rings. The SMILES string of the molecule is Cc1c(NC(=O)CC2CC3CCC(C2)N3)cccc1C(=O)N1CCSCC1.Cl. The van der Waals surface area contributed by atoms with Gasteiger partial charge in [0.2, 0.25) is 5.91 Å². The van der Waals surface area contributed by atoms with Gasteiger partial charge in [0.1, 0.15) is 0 Å². The molecule has 5 nitrogen and oxygen atoms in total. The van der Waals surface area contributed by atoms with E-state index in [1.54, 1.807) is 0 Å². The largest absolute Gasteiger partial charge is 0.337 e. The van der Waals surface area contributed by atoms with E-state index in [0.29, 0.717) is 30.0 Å². The molecular weight excluding hydrogens is 394 g/mol. The van der Waals surface area contributed by atoms with E-state index >= 15 is 0 Å². The molecule has 3 fully saturated rings. The molecule has 7 heteroatoms. The van der Waals surface area contributed by atoms with Crippen LogP contribution in [0.1, 0.15) is 48.0 Å². The van der Waals surface area contributed by atoms with Crippen LogP contribution in [0.3, 0.4) is 0 Å². The summed E-state index contributed by atoms with van der Waals surface area (Å²) in [5.41, 5.74) is 2.35.